The Labute approximate surface area is 199 Å². The first-order valence-electron chi connectivity index (χ1n) is 9.01. The summed E-state index contributed by atoms with van der Waals surface area (Å²) in [4.78, 5) is 4.40. The smallest absolute Gasteiger partial charge is 0.240 e. The molecule has 0 unspecified atom stereocenters. The first kappa shape index (κ1) is 26.6. The Bertz CT molecular complexity index is 1000. The van der Waals surface area contributed by atoms with Gasteiger partial charge in [0.2, 0.25) is 10.0 Å². The van der Waals surface area contributed by atoms with Crippen molar-refractivity contribution in [3.05, 3.63) is 64.4 Å². The summed E-state index contributed by atoms with van der Waals surface area (Å²) in [6.45, 7) is 4.90. The minimum absolute atomic E-state index is 0. The molecular formula is C20H27ClFIN4O2S. The van der Waals surface area contributed by atoms with Crippen LogP contribution in [0, 0.1) is 5.82 Å². The van der Waals surface area contributed by atoms with E-state index in [2.05, 4.69) is 20.3 Å². The Kier molecular flexibility index (Phi) is 9.99. The van der Waals surface area contributed by atoms with Crippen molar-refractivity contribution in [2.75, 3.05) is 20.6 Å². The predicted molar refractivity (Wildman–Crippen MR) is 131 cm³/mol. The molecule has 0 atom stereocenters. The van der Waals surface area contributed by atoms with Crippen LogP contribution in [-0.2, 0) is 22.0 Å². The maximum atomic E-state index is 13.3. The van der Waals surface area contributed by atoms with Crippen molar-refractivity contribution >= 4 is 51.6 Å². The van der Waals surface area contributed by atoms with E-state index < -0.39 is 10.0 Å². The highest BCUT2D eigenvalue weighted by Crippen LogP contribution is 2.29. The lowest BCUT2D eigenvalue weighted by Gasteiger charge is -2.27. The quantitative estimate of drug-likeness (QED) is 0.271. The molecule has 2 rings (SSSR count). The summed E-state index contributed by atoms with van der Waals surface area (Å²) in [5, 5.41) is 6.77. The Morgan fingerprint density at radius 3 is 2.47 bits per heavy atom. The van der Waals surface area contributed by atoms with Gasteiger partial charge < -0.3 is 10.6 Å². The molecule has 0 radical (unpaired) electrons. The lowest BCUT2D eigenvalue weighted by atomic mass is 9.84. The topological polar surface area (TPSA) is 82.6 Å². The zero-order valence-corrected chi connectivity index (χ0v) is 21.2. The molecule has 2 aromatic rings. The van der Waals surface area contributed by atoms with Gasteiger partial charge in [-0.2, -0.15) is 0 Å². The van der Waals surface area contributed by atoms with Crippen LogP contribution in [0.3, 0.4) is 0 Å². The van der Waals surface area contributed by atoms with Gasteiger partial charge in [0.15, 0.2) is 5.96 Å². The summed E-state index contributed by atoms with van der Waals surface area (Å²) in [7, 11) is -0.471. The van der Waals surface area contributed by atoms with Crippen molar-refractivity contribution in [1.82, 2.24) is 15.4 Å². The molecule has 0 amide bonds. The number of aliphatic imine (C=N–C) groups is 1. The highest BCUT2D eigenvalue weighted by molar-refractivity contribution is 14.0. The van der Waals surface area contributed by atoms with Crippen molar-refractivity contribution in [2.24, 2.45) is 4.99 Å². The molecule has 3 N–H and O–H groups in total. The largest absolute Gasteiger partial charge is 0.356 e. The third-order valence-corrected chi connectivity index (χ3v) is 6.24. The van der Waals surface area contributed by atoms with Crippen molar-refractivity contribution < 1.29 is 12.8 Å². The standard InChI is InChI=1S/C20H26ClFN4O2S.HI/c1-20(2,17-9-8-15(22)11-18(17)21)13-26-19(23-3)25-12-14-6-5-7-16(10-14)29(27,28)24-4;/h5-11,24H,12-13H2,1-4H3,(H2,23,25,26);1H. The number of rotatable bonds is 7. The SMILES string of the molecule is CN=C(NCc1cccc(S(=O)(=O)NC)c1)NCC(C)(C)c1ccc(F)cc1Cl.I. The molecule has 0 saturated carbocycles. The van der Waals surface area contributed by atoms with Gasteiger partial charge in [0, 0.05) is 30.6 Å². The lowest BCUT2D eigenvalue weighted by Crippen LogP contribution is -2.43. The van der Waals surface area contributed by atoms with Crippen LogP contribution < -0.4 is 15.4 Å². The maximum absolute atomic E-state index is 13.3. The average molecular weight is 569 g/mol. The van der Waals surface area contributed by atoms with Crippen molar-refractivity contribution in [1.29, 1.82) is 0 Å². The summed E-state index contributed by atoms with van der Waals surface area (Å²) >= 11 is 6.20. The van der Waals surface area contributed by atoms with Crippen LogP contribution in [0.1, 0.15) is 25.0 Å². The zero-order valence-electron chi connectivity index (χ0n) is 17.3. The van der Waals surface area contributed by atoms with Gasteiger partial charge in [-0.1, -0.05) is 43.6 Å². The lowest BCUT2D eigenvalue weighted by molar-refractivity contribution is 0.507. The fraction of sp³-hybridized carbons (Fsp3) is 0.350. The van der Waals surface area contributed by atoms with Crippen LogP contribution in [0.4, 0.5) is 4.39 Å². The molecule has 0 aliphatic carbocycles. The van der Waals surface area contributed by atoms with Crippen LogP contribution in [-0.4, -0.2) is 35.0 Å². The molecule has 0 spiro atoms. The molecule has 0 aliphatic heterocycles. The Balaban J connectivity index is 0.00000450. The molecule has 10 heteroatoms. The van der Waals surface area contributed by atoms with Gasteiger partial charge in [-0.25, -0.2) is 17.5 Å². The number of guanidine groups is 1. The predicted octanol–water partition coefficient (Wildman–Crippen LogP) is 3.65. The molecule has 0 aliphatic rings. The molecule has 2 aromatic carbocycles. The van der Waals surface area contributed by atoms with Gasteiger partial charge in [0.05, 0.1) is 4.90 Å². The number of nitrogens with one attached hydrogen (secondary N) is 3. The second-order valence-corrected chi connectivity index (χ2v) is 9.44. The van der Waals surface area contributed by atoms with Gasteiger partial charge in [-0.05, 0) is 42.4 Å². The molecular weight excluding hydrogens is 542 g/mol. The van der Waals surface area contributed by atoms with E-state index in [1.807, 2.05) is 19.9 Å². The van der Waals surface area contributed by atoms with Gasteiger partial charge in [-0.15, -0.1) is 24.0 Å². The van der Waals surface area contributed by atoms with E-state index in [0.717, 1.165) is 11.1 Å². The molecule has 166 valence electrons. The summed E-state index contributed by atoms with van der Waals surface area (Å²) in [5.74, 6) is 0.181. The molecule has 0 fully saturated rings. The number of sulfonamides is 1. The highest BCUT2D eigenvalue weighted by atomic mass is 127. The van der Waals surface area contributed by atoms with Crippen molar-refractivity contribution in [3.8, 4) is 0 Å². The highest BCUT2D eigenvalue weighted by Gasteiger charge is 2.24. The molecule has 6 nitrogen and oxygen atoms in total. The molecule has 0 heterocycles. The van der Waals surface area contributed by atoms with Crippen LogP contribution in [0.2, 0.25) is 5.02 Å². The van der Waals surface area contributed by atoms with Crippen LogP contribution in [0.15, 0.2) is 52.4 Å². The molecule has 0 saturated heterocycles. The third kappa shape index (κ3) is 7.07. The van der Waals surface area contributed by atoms with Crippen molar-refractivity contribution in [3.63, 3.8) is 0 Å². The average Bonchev–Trinajstić information content (AvgIpc) is 2.68. The maximum Gasteiger partial charge on any atom is 0.240 e. The van der Waals surface area contributed by atoms with E-state index in [0.29, 0.717) is 24.1 Å². The Hall–Kier alpha value is -1.43. The third-order valence-electron chi connectivity index (χ3n) is 4.52. The van der Waals surface area contributed by atoms with Gasteiger partial charge >= 0.3 is 0 Å². The summed E-state index contributed by atoms with van der Waals surface area (Å²) < 4.78 is 39.5. The normalized spacial score (nSPS) is 12.3. The van der Waals surface area contributed by atoms with Crippen LogP contribution in [0.5, 0.6) is 0 Å². The number of hydrogen-bond donors (Lipinski definition) is 3. The number of nitrogens with zero attached hydrogens (tertiary/aromatic N) is 1. The Morgan fingerprint density at radius 1 is 1.17 bits per heavy atom. The minimum Gasteiger partial charge on any atom is -0.356 e. The number of hydrogen-bond acceptors (Lipinski definition) is 3. The van der Waals surface area contributed by atoms with E-state index in [-0.39, 0.29) is 40.1 Å². The minimum atomic E-state index is -3.50. The van der Waals surface area contributed by atoms with Gasteiger partial charge in [0.25, 0.3) is 0 Å². The zero-order chi connectivity index (χ0) is 21.7. The first-order valence-corrected chi connectivity index (χ1v) is 10.9. The fourth-order valence-electron chi connectivity index (χ4n) is 2.79. The van der Waals surface area contributed by atoms with E-state index in [4.69, 9.17) is 11.6 Å². The van der Waals surface area contributed by atoms with Crippen molar-refractivity contribution in [2.45, 2.75) is 30.7 Å². The van der Waals surface area contributed by atoms with Crippen LogP contribution >= 0.6 is 35.6 Å². The van der Waals surface area contributed by atoms with Gasteiger partial charge in [0.1, 0.15) is 5.82 Å². The first-order chi connectivity index (χ1) is 13.6. The second kappa shape index (κ2) is 11.3. The second-order valence-electron chi connectivity index (χ2n) is 7.14. The molecule has 0 bridgehead atoms. The van der Waals surface area contributed by atoms with E-state index in [1.54, 1.807) is 25.2 Å². The summed E-state index contributed by atoms with van der Waals surface area (Å²) in [6, 6.07) is 11.0. The van der Waals surface area contributed by atoms with Crippen LogP contribution in [0.25, 0.3) is 0 Å². The Morgan fingerprint density at radius 2 is 1.87 bits per heavy atom. The molecule has 30 heavy (non-hydrogen) atoms. The van der Waals surface area contributed by atoms with Gasteiger partial charge in [-0.3, -0.25) is 4.99 Å². The number of benzene rings is 2. The molecule has 0 aromatic heterocycles. The summed E-state index contributed by atoms with van der Waals surface area (Å²) in [5.41, 5.74) is 1.25. The van der Waals surface area contributed by atoms with E-state index in [1.165, 1.54) is 25.2 Å². The van der Waals surface area contributed by atoms with E-state index in [9.17, 15) is 12.8 Å². The summed E-state index contributed by atoms with van der Waals surface area (Å²) in [6.07, 6.45) is 0. The number of halogens is 3. The van der Waals surface area contributed by atoms with E-state index >= 15 is 0 Å². The monoisotopic (exact) mass is 568 g/mol. The fourth-order valence-corrected chi connectivity index (χ4v) is 4.01.